The first-order valence-electron chi connectivity index (χ1n) is 11.6. The Labute approximate surface area is 201 Å². The minimum Gasteiger partial charge on any atom is -0.377 e. The van der Waals surface area contributed by atoms with Crippen LogP contribution in [0.5, 0.6) is 0 Å². The van der Waals surface area contributed by atoms with Crippen molar-refractivity contribution in [2.24, 2.45) is 0 Å². The van der Waals surface area contributed by atoms with Gasteiger partial charge in [-0.25, -0.2) is 13.1 Å². The molecule has 2 N–H and O–H groups in total. The molecule has 1 fully saturated rings. The van der Waals surface area contributed by atoms with E-state index >= 15 is 0 Å². The van der Waals surface area contributed by atoms with Gasteiger partial charge >= 0.3 is 0 Å². The molecule has 1 saturated heterocycles. The number of hydrogen-bond acceptors (Lipinski definition) is 4. The van der Waals surface area contributed by atoms with E-state index in [2.05, 4.69) is 34.3 Å². The maximum Gasteiger partial charge on any atom is 0.251 e. The summed E-state index contributed by atoms with van der Waals surface area (Å²) in [6, 6.07) is 26.5. The lowest BCUT2D eigenvalue weighted by molar-refractivity contribution is 0.0952. The number of sulfonamides is 1. The lowest BCUT2D eigenvalue weighted by Crippen LogP contribution is -2.32. The van der Waals surface area contributed by atoms with E-state index in [1.165, 1.54) is 23.3 Å². The fourth-order valence-electron chi connectivity index (χ4n) is 4.21. The third-order valence-corrected chi connectivity index (χ3v) is 7.51. The van der Waals surface area contributed by atoms with Crippen molar-refractivity contribution in [2.45, 2.75) is 36.2 Å². The van der Waals surface area contributed by atoms with Gasteiger partial charge in [-0.05, 0) is 54.7 Å². The number of amides is 1. The molecule has 34 heavy (non-hydrogen) atoms. The quantitative estimate of drug-likeness (QED) is 0.460. The van der Waals surface area contributed by atoms with Crippen molar-refractivity contribution in [2.75, 3.05) is 19.7 Å². The van der Waals surface area contributed by atoms with Gasteiger partial charge in [0.2, 0.25) is 10.0 Å². The molecule has 3 aromatic rings. The van der Waals surface area contributed by atoms with Crippen LogP contribution in [0.1, 0.15) is 46.7 Å². The highest BCUT2D eigenvalue weighted by atomic mass is 32.2. The van der Waals surface area contributed by atoms with Crippen LogP contribution in [0.2, 0.25) is 0 Å². The average Bonchev–Trinajstić information content (AvgIpc) is 3.40. The standard InChI is InChI=1S/C27H30N2O4S/c30-27(23-13-15-25(16-14-23)34(31,32)29-20-24-12-7-19-33-24)28-18-17-26(21-8-3-1-4-9-21)22-10-5-2-6-11-22/h1-6,8-11,13-16,24,26,29H,7,12,17-20H2,(H,28,30)/t24-/m1/s1. The summed E-state index contributed by atoms with van der Waals surface area (Å²) in [5.41, 5.74) is 2.83. The summed E-state index contributed by atoms with van der Waals surface area (Å²) in [6.45, 7) is 1.43. The number of nitrogens with one attached hydrogen (secondary N) is 2. The van der Waals surface area contributed by atoms with E-state index in [0.29, 0.717) is 18.7 Å². The number of ether oxygens (including phenoxy) is 1. The van der Waals surface area contributed by atoms with Gasteiger partial charge in [-0.15, -0.1) is 0 Å². The summed E-state index contributed by atoms with van der Waals surface area (Å²) < 4.78 is 33.1. The molecular formula is C27H30N2O4S. The molecule has 4 rings (SSSR count). The Morgan fingerprint density at radius 2 is 1.53 bits per heavy atom. The van der Waals surface area contributed by atoms with Crippen LogP contribution in [0.25, 0.3) is 0 Å². The Morgan fingerprint density at radius 3 is 2.09 bits per heavy atom. The zero-order valence-electron chi connectivity index (χ0n) is 19.0. The van der Waals surface area contributed by atoms with Crippen LogP contribution in [-0.4, -0.2) is 40.1 Å². The molecule has 1 aliphatic heterocycles. The first-order valence-corrected chi connectivity index (χ1v) is 13.1. The lowest BCUT2D eigenvalue weighted by Gasteiger charge is -2.18. The molecule has 1 heterocycles. The van der Waals surface area contributed by atoms with Crippen LogP contribution in [0.4, 0.5) is 0 Å². The van der Waals surface area contributed by atoms with Crippen molar-refractivity contribution in [3.8, 4) is 0 Å². The van der Waals surface area contributed by atoms with Crippen molar-refractivity contribution in [3.05, 3.63) is 102 Å². The molecule has 0 aliphatic carbocycles. The smallest absolute Gasteiger partial charge is 0.251 e. The Kier molecular flexibility index (Phi) is 8.11. The van der Waals surface area contributed by atoms with Gasteiger partial charge in [-0.1, -0.05) is 60.7 Å². The fraction of sp³-hybridized carbons (Fsp3) is 0.296. The predicted molar refractivity (Wildman–Crippen MR) is 132 cm³/mol. The first-order chi connectivity index (χ1) is 16.5. The normalized spacial score (nSPS) is 16.0. The Hall–Kier alpha value is -3.00. The van der Waals surface area contributed by atoms with Crippen molar-refractivity contribution in [1.29, 1.82) is 0 Å². The molecule has 1 amide bonds. The minimum absolute atomic E-state index is 0.0737. The number of hydrogen-bond donors (Lipinski definition) is 2. The number of carbonyl (C=O) groups excluding carboxylic acids is 1. The van der Waals surface area contributed by atoms with Crippen molar-refractivity contribution in [3.63, 3.8) is 0 Å². The highest BCUT2D eigenvalue weighted by Crippen LogP contribution is 2.27. The molecule has 0 bridgehead atoms. The number of rotatable bonds is 10. The monoisotopic (exact) mass is 478 g/mol. The van der Waals surface area contributed by atoms with E-state index in [1.807, 2.05) is 36.4 Å². The molecule has 1 atom stereocenters. The molecule has 0 saturated carbocycles. The summed E-state index contributed by atoms with van der Waals surface area (Å²) in [6.07, 6.45) is 2.49. The van der Waals surface area contributed by atoms with E-state index in [4.69, 9.17) is 4.74 Å². The Balaban J connectivity index is 1.34. The van der Waals surface area contributed by atoms with Crippen LogP contribution in [0.3, 0.4) is 0 Å². The van der Waals surface area contributed by atoms with E-state index in [1.54, 1.807) is 12.1 Å². The van der Waals surface area contributed by atoms with Crippen LogP contribution >= 0.6 is 0 Å². The van der Waals surface area contributed by atoms with Crippen molar-refractivity contribution in [1.82, 2.24) is 10.0 Å². The predicted octanol–water partition coefficient (Wildman–Crippen LogP) is 4.10. The molecule has 6 nitrogen and oxygen atoms in total. The third-order valence-electron chi connectivity index (χ3n) is 6.07. The van der Waals surface area contributed by atoms with Gasteiger partial charge < -0.3 is 10.1 Å². The molecule has 7 heteroatoms. The van der Waals surface area contributed by atoms with Crippen LogP contribution in [-0.2, 0) is 14.8 Å². The van der Waals surface area contributed by atoms with E-state index in [9.17, 15) is 13.2 Å². The molecule has 0 aromatic heterocycles. The van der Waals surface area contributed by atoms with Gasteiger partial charge in [0.1, 0.15) is 0 Å². The van der Waals surface area contributed by atoms with Gasteiger partial charge in [0.15, 0.2) is 0 Å². The van der Waals surface area contributed by atoms with Crippen molar-refractivity contribution < 1.29 is 17.9 Å². The zero-order chi connectivity index (χ0) is 23.8. The number of carbonyl (C=O) groups is 1. The fourth-order valence-corrected chi connectivity index (χ4v) is 5.27. The molecular weight excluding hydrogens is 448 g/mol. The average molecular weight is 479 g/mol. The minimum atomic E-state index is -3.64. The van der Waals surface area contributed by atoms with Crippen LogP contribution < -0.4 is 10.0 Å². The van der Waals surface area contributed by atoms with Crippen LogP contribution in [0.15, 0.2) is 89.8 Å². The summed E-state index contributed by atoms with van der Waals surface area (Å²) in [5, 5.41) is 2.97. The summed E-state index contributed by atoms with van der Waals surface area (Å²) in [5.74, 6) is -0.0544. The molecule has 0 radical (unpaired) electrons. The van der Waals surface area contributed by atoms with E-state index in [0.717, 1.165) is 19.3 Å². The molecule has 0 unspecified atom stereocenters. The van der Waals surface area contributed by atoms with Gasteiger partial charge in [0.25, 0.3) is 5.91 Å². The summed E-state index contributed by atoms with van der Waals surface area (Å²) in [4.78, 5) is 12.8. The van der Waals surface area contributed by atoms with Gasteiger partial charge in [0.05, 0.1) is 11.0 Å². The van der Waals surface area contributed by atoms with Gasteiger partial charge in [-0.2, -0.15) is 0 Å². The Morgan fingerprint density at radius 1 is 0.912 bits per heavy atom. The van der Waals surface area contributed by atoms with Crippen molar-refractivity contribution >= 4 is 15.9 Å². The van der Waals surface area contributed by atoms with E-state index in [-0.39, 0.29) is 29.4 Å². The Bertz CT molecular complexity index is 1120. The lowest BCUT2D eigenvalue weighted by atomic mass is 9.88. The van der Waals surface area contributed by atoms with Crippen LogP contribution in [0, 0.1) is 0 Å². The third kappa shape index (κ3) is 6.32. The molecule has 0 spiro atoms. The maximum atomic E-state index is 12.7. The molecule has 3 aromatic carbocycles. The summed E-state index contributed by atoms with van der Waals surface area (Å²) in [7, 11) is -3.64. The van der Waals surface area contributed by atoms with Gasteiger partial charge in [0, 0.05) is 31.2 Å². The SMILES string of the molecule is O=C(NCCC(c1ccccc1)c1ccccc1)c1ccc(S(=O)(=O)NC[C@H]2CCCO2)cc1. The molecule has 178 valence electrons. The number of benzene rings is 3. The second-order valence-electron chi connectivity index (χ2n) is 8.43. The highest BCUT2D eigenvalue weighted by Gasteiger charge is 2.21. The van der Waals surface area contributed by atoms with Gasteiger partial charge in [-0.3, -0.25) is 4.79 Å². The summed E-state index contributed by atoms with van der Waals surface area (Å²) >= 11 is 0. The second kappa shape index (κ2) is 11.4. The zero-order valence-corrected chi connectivity index (χ0v) is 19.8. The first kappa shape index (κ1) is 24.1. The largest absolute Gasteiger partial charge is 0.377 e. The maximum absolute atomic E-state index is 12.7. The highest BCUT2D eigenvalue weighted by molar-refractivity contribution is 7.89. The second-order valence-corrected chi connectivity index (χ2v) is 10.2. The molecule has 1 aliphatic rings. The topological polar surface area (TPSA) is 84.5 Å². The van der Waals surface area contributed by atoms with E-state index < -0.39 is 10.0 Å².